The number of rotatable bonds is 8. The SMILES string of the molecule is C=C1C2C[C@@H](CC[C@H]2C(C)=O)N1C.C=C1C2C[C@@H](CC[C@H]2C(C)=O)N1C.CC.CNC1CCC(C(C)=O)CC1.CNC1CCC(C(C)=O)CC1.CNC1CCC(C(C)=O)CC1. The summed E-state index contributed by atoms with van der Waals surface area (Å²) in [7, 11) is 10.2. The number of fused-ring (bicyclic) bond motifs is 4. The molecule has 6 atom stereocenters. The Hall–Kier alpha value is -2.69. The number of allylic oxidation sites excluding steroid dienone is 2. The fourth-order valence-corrected chi connectivity index (χ4v) is 11.1. The molecule has 10 heteroatoms. The van der Waals surface area contributed by atoms with Crippen molar-refractivity contribution in [2.75, 3.05) is 35.2 Å². The third kappa shape index (κ3) is 16.4. The Morgan fingerprint density at radius 3 is 0.869 bits per heavy atom. The highest BCUT2D eigenvalue weighted by Crippen LogP contribution is 2.45. The molecule has 2 aliphatic heterocycles. The molecule has 5 aliphatic carbocycles. The van der Waals surface area contributed by atoms with Gasteiger partial charge in [-0.25, -0.2) is 0 Å². The van der Waals surface area contributed by atoms with E-state index in [0.29, 0.717) is 88.7 Å². The van der Waals surface area contributed by atoms with Crippen LogP contribution in [0.15, 0.2) is 24.6 Å². The van der Waals surface area contributed by atoms with Gasteiger partial charge in [0.05, 0.1) is 0 Å². The van der Waals surface area contributed by atoms with Gasteiger partial charge in [-0.05, 0) is 171 Å². The third-order valence-corrected chi connectivity index (χ3v) is 15.7. The number of nitrogens with zero attached hydrogens (tertiary/aromatic N) is 2. The summed E-state index contributed by atoms with van der Waals surface area (Å²) in [6, 6.07) is 3.29. The van der Waals surface area contributed by atoms with Crippen LogP contribution in [0.25, 0.3) is 0 Å². The van der Waals surface area contributed by atoms with E-state index < -0.39 is 0 Å². The number of hydrogen-bond acceptors (Lipinski definition) is 10. The second-order valence-electron chi connectivity index (χ2n) is 19.1. The summed E-state index contributed by atoms with van der Waals surface area (Å²) < 4.78 is 0. The van der Waals surface area contributed by atoms with Crippen LogP contribution >= 0.6 is 0 Å². The molecule has 350 valence electrons. The van der Waals surface area contributed by atoms with E-state index in [9.17, 15) is 24.0 Å². The van der Waals surface area contributed by atoms with Crippen LogP contribution < -0.4 is 16.0 Å². The van der Waals surface area contributed by atoms with Crippen LogP contribution in [0.5, 0.6) is 0 Å². The number of carbonyl (C=O) groups excluding carboxylic acids is 5. The Morgan fingerprint density at radius 1 is 0.426 bits per heavy atom. The van der Waals surface area contributed by atoms with Crippen molar-refractivity contribution in [1.29, 1.82) is 0 Å². The van der Waals surface area contributed by atoms with Crippen molar-refractivity contribution in [3.63, 3.8) is 0 Å². The van der Waals surface area contributed by atoms with Crippen molar-refractivity contribution in [2.45, 2.75) is 194 Å². The molecular formula is C51H91N5O5. The second-order valence-corrected chi connectivity index (χ2v) is 19.1. The van der Waals surface area contributed by atoms with Gasteiger partial charge >= 0.3 is 0 Å². The first-order valence-corrected chi connectivity index (χ1v) is 24.3. The summed E-state index contributed by atoms with van der Waals surface area (Å²) in [5, 5.41) is 9.76. The molecule has 10 nitrogen and oxygen atoms in total. The fourth-order valence-electron chi connectivity index (χ4n) is 11.1. The van der Waals surface area contributed by atoms with Crippen LogP contribution in [-0.4, -0.2) is 104 Å². The second kappa shape index (κ2) is 27.5. The third-order valence-electron chi connectivity index (χ3n) is 15.7. The Morgan fingerprint density at radius 2 is 0.672 bits per heavy atom. The zero-order valence-electron chi connectivity index (χ0n) is 41.0. The van der Waals surface area contributed by atoms with Crippen LogP contribution in [0.3, 0.4) is 0 Å². The summed E-state index contributed by atoms with van der Waals surface area (Å²) in [4.78, 5) is 60.2. The molecule has 61 heavy (non-hydrogen) atoms. The van der Waals surface area contributed by atoms with E-state index in [4.69, 9.17) is 0 Å². The Balaban J connectivity index is 0.000000260. The lowest BCUT2D eigenvalue weighted by atomic mass is 9.77. The van der Waals surface area contributed by atoms with Gasteiger partial charge in [0.2, 0.25) is 0 Å². The highest BCUT2D eigenvalue weighted by molar-refractivity contribution is 5.80. The van der Waals surface area contributed by atoms with Crippen LogP contribution in [-0.2, 0) is 24.0 Å². The number of carbonyl (C=O) groups is 5. The molecule has 2 heterocycles. The van der Waals surface area contributed by atoms with E-state index in [-0.39, 0.29) is 11.8 Å². The number of nitrogens with one attached hydrogen (secondary N) is 3. The minimum absolute atomic E-state index is 0.258. The standard InChI is InChI=1S/2C11H17NO.3C9H17NO.C2H6/c2*1-7-11-6-9(12(7)3)4-5-10(11)8(2)13;3*1-7(11)8-3-5-9(10-2)6-4-8;1-2/h2*9-11H,1,4-6H2,2-3H3;3*8-10H,3-6H2,1-2H3;1-2H3/t2*9-,10+,11?;;;;/m11..../s1. The molecule has 7 fully saturated rings. The predicted octanol–water partition coefficient (Wildman–Crippen LogP) is 8.73. The van der Waals surface area contributed by atoms with Crippen molar-refractivity contribution >= 4 is 28.9 Å². The quantitative estimate of drug-likeness (QED) is 0.218. The van der Waals surface area contributed by atoms with Crippen molar-refractivity contribution in [3.05, 3.63) is 24.6 Å². The predicted molar refractivity (Wildman–Crippen MR) is 252 cm³/mol. The van der Waals surface area contributed by atoms with E-state index in [2.05, 4.69) is 53.0 Å². The van der Waals surface area contributed by atoms with Gasteiger partial charge in [-0.15, -0.1) is 0 Å². The average molecular weight is 854 g/mol. The number of Topliss-reactive ketones (excluding diaryl/α,β-unsaturated/α-hetero) is 5. The minimum Gasteiger partial charge on any atom is -0.375 e. The van der Waals surface area contributed by atoms with Gasteiger partial charge < -0.3 is 25.8 Å². The van der Waals surface area contributed by atoms with Crippen LogP contribution in [0.2, 0.25) is 0 Å². The first-order valence-electron chi connectivity index (χ1n) is 24.3. The molecule has 0 spiro atoms. The van der Waals surface area contributed by atoms with E-state index in [0.717, 1.165) is 77.0 Å². The van der Waals surface area contributed by atoms with Gasteiger partial charge in [0.25, 0.3) is 0 Å². The zero-order chi connectivity index (χ0) is 46.0. The lowest BCUT2D eigenvalue weighted by Crippen LogP contribution is -2.31. The number of ketones is 5. The van der Waals surface area contributed by atoms with Gasteiger partial charge in [0.15, 0.2) is 0 Å². The molecule has 0 aromatic carbocycles. The maximum Gasteiger partial charge on any atom is 0.133 e. The molecule has 0 radical (unpaired) electrons. The molecule has 0 amide bonds. The summed E-state index contributed by atoms with van der Waals surface area (Å²) in [6.07, 6.45) is 20.3. The van der Waals surface area contributed by atoms with Crippen LogP contribution in [0, 0.1) is 41.4 Å². The topological polar surface area (TPSA) is 128 Å². The lowest BCUT2D eigenvalue weighted by molar-refractivity contribution is -0.123. The number of hydrogen-bond donors (Lipinski definition) is 3. The highest BCUT2D eigenvalue weighted by Gasteiger charge is 2.44. The summed E-state index contributed by atoms with van der Waals surface area (Å²) >= 11 is 0. The van der Waals surface area contributed by atoms with E-state index in [1.54, 1.807) is 34.6 Å². The minimum atomic E-state index is 0.258. The molecule has 0 aromatic rings. The molecular weight excluding hydrogens is 763 g/mol. The van der Waals surface area contributed by atoms with Gasteiger partial charge in [-0.2, -0.15) is 0 Å². The molecule has 7 aliphatic rings. The molecule has 2 saturated heterocycles. The smallest absolute Gasteiger partial charge is 0.133 e. The molecule has 4 bridgehead atoms. The Labute approximate surface area is 373 Å². The first-order chi connectivity index (χ1) is 28.9. The average Bonchev–Trinajstić information content (AvgIpc) is 3.62. The van der Waals surface area contributed by atoms with E-state index in [1.165, 1.54) is 49.9 Å². The van der Waals surface area contributed by atoms with Gasteiger partial charge in [0.1, 0.15) is 28.9 Å². The monoisotopic (exact) mass is 854 g/mol. The van der Waals surface area contributed by atoms with Crippen molar-refractivity contribution in [1.82, 2.24) is 25.8 Å². The first kappa shape index (κ1) is 54.4. The molecule has 0 aromatic heterocycles. The van der Waals surface area contributed by atoms with Crippen LogP contribution in [0.4, 0.5) is 0 Å². The highest BCUT2D eigenvalue weighted by atomic mass is 16.1. The summed E-state index contributed by atoms with van der Waals surface area (Å²) in [6.45, 7) is 20.7. The molecule has 3 N–H and O–H groups in total. The van der Waals surface area contributed by atoms with Crippen molar-refractivity contribution in [3.8, 4) is 0 Å². The van der Waals surface area contributed by atoms with Crippen molar-refractivity contribution < 1.29 is 24.0 Å². The maximum absolute atomic E-state index is 11.4. The van der Waals surface area contributed by atoms with Crippen molar-refractivity contribution in [2.24, 2.45) is 41.4 Å². The van der Waals surface area contributed by atoms with E-state index in [1.807, 2.05) is 35.0 Å². The van der Waals surface area contributed by atoms with E-state index >= 15 is 0 Å². The summed E-state index contributed by atoms with van der Waals surface area (Å²) in [5.74, 6) is 4.31. The van der Waals surface area contributed by atoms with Crippen LogP contribution in [0.1, 0.15) is 164 Å². The van der Waals surface area contributed by atoms with Gasteiger partial charge in [-0.1, -0.05) is 27.0 Å². The summed E-state index contributed by atoms with van der Waals surface area (Å²) in [5.41, 5.74) is 2.37. The normalized spacial score (nSPS) is 33.6. The maximum atomic E-state index is 11.4. The molecule has 5 saturated carbocycles. The lowest BCUT2D eigenvalue weighted by Gasteiger charge is -2.26. The molecule has 2 unspecified atom stereocenters. The fraction of sp³-hybridized carbons (Fsp3) is 0.824. The Kier molecular flexibility index (Phi) is 24.5. The number of likely N-dealkylation sites (tertiary alicyclic amines) is 2. The van der Waals surface area contributed by atoms with Gasteiger partial charge in [0, 0.05) is 97.1 Å². The van der Waals surface area contributed by atoms with Gasteiger partial charge in [-0.3, -0.25) is 24.0 Å². The zero-order valence-corrected chi connectivity index (χ0v) is 41.0. The largest absolute Gasteiger partial charge is 0.375 e. The molecule has 7 rings (SSSR count). The Bertz CT molecular complexity index is 1270.